The monoisotopic (exact) mass is 729 g/mol. The SMILES string of the molecule is O=C(COc1ccc(Cl)cc1[C@@H]1c2sc(=O)[nH]c2S[C@@H]2[C@@H]3C[C@@H]([C@@H]4C(=O)N(c5ccc(F)cc5)C(=O)[C@@H]34)[C@H]12)Nc1ccccc1C(F)(F)F. The molecule has 4 aliphatic rings. The molecule has 1 saturated heterocycles. The average molecular weight is 730 g/mol. The van der Waals surface area contributed by atoms with E-state index in [1.54, 1.807) is 18.2 Å². The van der Waals surface area contributed by atoms with Crippen molar-refractivity contribution in [1.29, 1.82) is 0 Å². The number of amides is 3. The number of ether oxygens (including phenoxy) is 1. The Morgan fingerprint density at radius 1 is 1.00 bits per heavy atom. The molecular weight excluding hydrogens is 706 g/mol. The molecule has 3 aromatic carbocycles. The lowest BCUT2D eigenvalue weighted by molar-refractivity contribution is -0.137. The van der Waals surface area contributed by atoms with Crippen LogP contribution >= 0.6 is 34.7 Å². The van der Waals surface area contributed by atoms with Crippen molar-refractivity contribution >= 4 is 63.8 Å². The molecule has 1 aromatic heterocycles. The number of nitrogens with one attached hydrogen (secondary N) is 2. The number of hydrogen-bond donors (Lipinski definition) is 2. The number of carbonyl (C=O) groups is 3. The highest BCUT2D eigenvalue weighted by Crippen LogP contribution is 2.69. The molecule has 7 atom stereocenters. The van der Waals surface area contributed by atoms with Crippen LogP contribution in [0.5, 0.6) is 5.75 Å². The van der Waals surface area contributed by atoms with E-state index in [4.69, 9.17) is 16.3 Å². The van der Waals surface area contributed by atoms with Gasteiger partial charge >= 0.3 is 11.0 Å². The second-order valence-corrected chi connectivity index (χ2v) is 15.2. The molecule has 2 aliphatic heterocycles. The fourth-order valence-electron chi connectivity index (χ4n) is 8.27. The van der Waals surface area contributed by atoms with E-state index < -0.39 is 53.5 Å². The molecule has 0 spiro atoms. The molecule has 252 valence electrons. The van der Waals surface area contributed by atoms with Crippen LogP contribution in [0.25, 0.3) is 0 Å². The number of fused-ring (bicyclic) bond motifs is 9. The second-order valence-electron chi connectivity index (χ2n) is 12.5. The fraction of sp³-hybridized carbons (Fsp3) is 0.294. The van der Waals surface area contributed by atoms with E-state index in [2.05, 4.69) is 10.3 Å². The predicted octanol–water partition coefficient (Wildman–Crippen LogP) is 6.94. The normalized spacial score (nSPS) is 26.8. The van der Waals surface area contributed by atoms with Gasteiger partial charge in [-0.15, -0.1) is 11.8 Å². The van der Waals surface area contributed by atoms with Crippen LogP contribution in [0.15, 0.2) is 76.6 Å². The summed E-state index contributed by atoms with van der Waals surface area (Å²) < 4.78 is 60.2. The first kappa shape index (κ1) is 32.1. The summed E-state index contributed by atoms with van der Waals surface area (Å²) in [6.45, 7) is -0.622. The quantitative estimate of drug-likeness (QED) is 0.165. The minimum Gasteiger partial charge on any atom is -0.483 e. The zero-order valence-corrected chi connectivity index (χ0v) is 27.4. The minimum absolute atomic E-state index is 0.159. The van der Waals surface area contributed by atoms with Crippen molar-refractivity contribution in [3.63, 3.8) is 0 Å². The maximum Gasteiger partial charge on any atom is 0.418 e. The summed E-state index contributed by atoms with van der Waals surface area (Å²) in [4.78, 5) is 57.9. The number of alkyl halides is 3. The van der Waals surface area contributed by atoms with Crippen LogP contribution in [-0.2, 0) is 20.6 Å². The lowest BCUT2D eigenvalue weighted by Gasteiger charge is -2.43. The highest BCUT2D eigenvalue weighted by atomic mass is 35.5. The maximum absolute atomic E-state index is 14.0. The van der Waals surface area contributed by atoms with E-state index in [-0.39, 0.29) is 45.4 Å². The third kappa shape index (κ3) is 5.26. The van der Waals surface area contributed by atoms with Crippen LogP contribution in [-0.4, -0.2) is 34.6 Å². The number of hydrogen-bond acceptors (Lipinski definition) is 7. The van der Waals surface area contributed by atoms with Gasteiger partial charge in [0.15, 0.2) is 6.61 Å². The van der Waals surface area contributed by atoms with E-state index in [9.17, 15) is 36.7 Å². The van der Waals surface area contributed by atoms with Gasteiger partial charge < -0.3 is 15.0 Å². The third-order valence-electron chi connectivity index (χ3n) is 9.98. The number of benzene rings is 3. The molecule has 8 nitrogen and oxygen atoms in total. The standard InChI is InChI=1S/C34H24ClF4N3O5S2/c35-14-5-10-22(47-13-23(43)40-21-4-2-1-3-20(21)34(37,38)39)17(11-14)24-25-18-12-19(28(25)48-30-29(24)49-33(46)41-30)27-26(18)31(44)42(32(27)45)16-8-6-15(36)7-9-16/h1-11,18-19,24-28H,12-13H2,(H,40,43)(H,41,46)/t18-,19-,24+,25-,26+,27+,28-/m1/s1. The molecule has 3 heterocycles. The van der Waals surface area contributed by atoms with E-state index in [0.29, 0.717) is 32.6 Å². The zero-order valence-electron chi connectivity index (χ0n) is 25.0. The van der Waals surface area contributed by atoms with Crippen molar-refractivity contribution in [2.75, 3.05) is 16.8 Å². The van der Waals surface area contributed by atoms with Gasteiger partial charge in [0.1, 0.15) is 11.6 Å². The van der Waals surface area contributed by atoms with Crippen molar-refractivity contribution in [2.45, 2.75) is 28.8 Å². The first-order chi connectivity index (χ1) is 23.4. The molecule has 0 unspecified atom stereocenters. The van der Waals surface area contributed by atoms with Crippen LogP contribution in [0.4, 0.5) is 28.9 Å². The van der Waals surface area contributed by atoms with Gasteiger partial charge in [0.2, 0.25) is 11.8 Å². The Labute approximate surface area is 288 Å². The largest absolute Gasteiger partial charge is 0.483 e. The first-order valence-corrected chi connectivity index (χ1v) is 17.4. The Balaban J connectivity index is 1.12. The number of thiazole rings is 1. The number of carbonyl (C=O) groups excluding carboxylic acids is 3. The van der Waals surface area contributed by atoms with Gasteiger partial charge in [0, 0.05) is 26.6 Å². The molecule has 0 radical (unpaired) electrons. The number of para-hydroxylation sites is 1. The highest BCUT2D eigenvalue weighted by Gasteiger charge is 2.70. The van der Waals surface area contributed by atoms with E-state index >= 15 is 0 Å². The Bertz CT molecular complexity index is 2090. The number of thioether (sulfide) groups is 1. The van der Waals surface area contributed by atoms with Crippen LogP contribution in [0.1, 0.15) is 28.3 Å². The molecule has 49 heavy (non-hydrogen) atoms. The minimum atomic E-state index is -4.68. The zero-order chi connectivity index (χ0) is 34.4. The number of anilines is 2. The molecule has 2 N–H and O–H groups in total. The second kappa shape index (κ2) is 11.7. The fourth-order valence-corrected chi connectivity index (χ4v) is 11.3. The van der Waals surface area contributed by atoms with Crippen molar-refractivity contribution in [3.8, 4) is 5.75 Å². The summed E-state index contributed by atoms with van der Waals surface area (Å²) in [5.74, 6) is -4.09. The Hall–Kier alpha value is -4.14. The van der Waals surface area contributed by atoms with Crippen LogP contribution in [0.2, 0.25) is 5.02 Å². The summed E-state index contributed by atoms with van der Waals surface area (Å²) >= 11 is 9.02. The molecular formula is C34H24ClF4N3O5S2. The lowest BCUT2D eigenvalue weighted by Crippen LogP contribution is -2.42. The van der Waals surface area contributed by atoms with Gasteiger partial charge in [-0.25, -0.2) is 4.39 Å². The van der Waals surface area contributed by atoms with Gasteiger partial charge in [-0.2, -0.15) is 13.2 Å². The number of H-pyrrole nitrogens is 1. The highest BCUT2D eigenvalue weighted by molar-refractivity contribution is 8.00. The van der Waals surface area contributed by atoms with Crippen molar-refractivity contribution < 1.29 is 36.7 Å². The van der Waals surface area contributed by atoms with Crippen LogP contribution in [0, 0.1) is 35.4 Å². The Kier molecular flexibility index (Phi) is 7.68. The van der Waals surface area contributed by atoms with Gasteiger partial charge in [-0.1, -0.05) is 35.1 Å². The topological polar surface area (TPSA) is 109 Å². The Morgan fingerprint density at radius 3 is 2.45 bits per heavy atom. The van der Waals surface area contributed by atoms with E-state index in [1.807, 2.05) is 0 Å². The molecule has 8 rings (SSSR count). The van der Waals surface area contributed by atoms with Crippen molar-refractivity contribution in [3.05, 3.63) is 103 Å². The predicted molar refractivity (Wildman–Crippen MR) is 174 cm³/mol. The first-order valence-electron chi connectivity index (χ1n) is 15.3. The molecule has 3 fully saturated rings. The number of nitrogens with zero attached hydrogens (tertiary/aromatic N) is 1. The van der Waals surface area contributed by atoms with Crippen LogP contribution < -0.4 is 19.8 Å². The van der Waals surface area contributed by atoms with Gasteiger partial charge in [-0.3, -0.25) is 24.1 Å². The van der Waals surface area contributed by atoms with Crippen molar-refractivity contribution in [1.82, 2.24) is 4.98 Å². The lowest BCUT2D eigenvalue weighted by atomic mass is 9.68. The van der Waals surface area contributed by atoms with Gasteiger partial charge in [-0.05, 0) is 78.8 Å². The summed E-state index contributed by atoms with van der Waals surface area (Å²) in [5, 5.41) is 3.11. The molecule has 15 heteroatoms. The number of aromatic nitrogens is 1. The summed E-state index contributed by atoms with van der Waals surface area (Å²) in [6, 6.07) is 14.6. The Morgan fingerprint density at radius 2 is 1.71 bits per heavy atom. The number of rotatable bonds is 6. The molecule has 2 bridgehead atoms. The van der Waals surface area contributed by atoms with Gasteiger partial charge in [0.25, 0.3) is 5.91 Å². The van der Waals surface area contributed by atoms with E-state index in [1.165, 1.54) is 48.2 Å². The maximum atomic E-state index is 14.0. The van der Waals surface area contributed by atoms with Crippen molar-refractivity contribution in [2.24, 2.45) is 29.6 Å². The smallest absolute Gasteiger partial charge is 0.418 e. The van der Waals surface area contributed by atoms with Gasteiger partial charge in [0.05, 0.1) is 33.8 Å². The number of imide groups is 1. The molecule has 3 amide bonds. The summed E-state index contributed by atoms with van der Waals surface area (Å²) in [5.41, 5.74) is -0.541. The summed E-state index contributed by atoms with van der Waals surface area (Å²) in [6.07, 6.45) is -4.07. The molecule has 4 aromatic rings. The average Bonchev–Trinajstić information content (AvgIpc) is 3.79. The third-order valence-corrected chi connectivity index (χ3v) is 12.8. The molecule has 2 saturated carbocycles. The van der Waals surface area contributed by atoms with E-state index in [0.717, 1.165) is 28.4 Å². The summed E-state index contributed by atoms with van der Waals surface area (Å²) in [7, 11) is 0. The van der Waals surface area contributed by atoms with Crippen LogP contribution in [0.3, 0.4) is 0 Å². The number of halogens is 5. The number of aromatic amines is 1. The molecule has 2 aliphatic carbocycles.